The zero-order valence-electron chi connectivity index (χ0n) is 9.02. The minimum absolute atomic E-state index is 0.0622. The lowest BCUT2D eigenvalue weighted by molar-refractivity contribution is -0.390. The lowest BCUT2D eigenvalue weighted by Gasteiger charge is -2.08. The summed E-state index contributed by atoms with van der Waals surface area (Å²) in [7, 11) is 0. The van der Waals surface area contributed by atoms with Gasteiger partial charge in [0, 0.05) is 18.4 Å². The van der Waals surface area contributed by atoms with Crippen LogP contribution in [0.25, 0.3) is 0 Å². The molecule has 0 aromatic heterocycles. The van der Waals surface area contributed by atoms with Crippen LogP contribution in [0, 0.1) is 27.7 Å². The van der Waals surface area contributed by atoms with E-state index in [0.29, 0.717) is 11.8 Å². The molecule has 0 fully saturated rings. The van der Waals surface area contributed by atoms with Crippen molar-refractivity contribution in [3.63, 3.8) is 0 Å². The van der Waals surface area contributed by atoms with Gasteiger partial charge in [-0.1, -0.05) is 6.92 Å². The average molecular weight is 263 g/mol. The summed E-state index contributed by atoms with van der Waals surface area (Å²) in [5.74, 6) is -1.80. The summed E-state index contributed by atoms with van der Waals surface area (Å²) in [4.78, 5) is 9.71. The van der Waals surface area contributed by atoms with E-state index in [-0.39, 0.29) is 17.4 Å². The van der Waals surface area contributed by atoms with Crippen LogP contribution in [0.15, 0.2) is 17.0 Å². The third-order valence-electron chi connectivity index (χ3n) is 2.01. The van der Waals surface area contributed by atoms with Gasteiger partial charge in [-0.2, -0.15) is 4.39 Å². The SMILES string of the molecule is CC(CO)CSc1cc(F)cc(F)c1[N+](=O)[O-]. The molecule has 0 aliphatic rings. The molecule has 0 amide bonds. The highest BCUT2D eigenvalue weighted by Crippen LogP contribution is 2.33. The van der Waals surface area contributed by atoms with Gasteiger partial charge in [0.15, 0.2) is 0 Å². The van der Waals surface area contributed by atoms with Gasteiger partial charge in [-0.15, -0.1) is 11.8 Å². The normalized spacial score (nSPS) is 12.5. The molecular formula is C10H11F2NO3S. The van der Waals surface area contributed by atoms with Crippen LogP contribution in [0.4, 0.5) is 14.5 Å². The second-order valence-corrected chi connectivity index (χ2v) is 4.65. The number of aliphatic hydroxyl groups excluding tert-OH is 1. The number of nitro benzene ring substituents is 1. The molecule has 1 unspecified atom stereocenters. The lowest BCUT2D eigenvalue weighted by atomic mass is 10.2. The summed E-state index contributed by atoms with van der Waals surface area (Å²) in [6.07, 6.45) is 0. The average Bonchev–Trinajstić information content (AvgIpc) is 2.24. The highest BCUT2D eigenvalue weighted by molar-refractivity contribution is 7.99. The fourth-order valence-electron chi connectivity index (χ4n) is 1.11. The van der Waals surface area contributed by atoms with Gasteiger partial charge >= 0.3 is 5.69 Å². The molecule has 1 rings (SSSR count). The molecule has 0 spiro atoms. The van der Waals surface area contributed by atoms with Crippen molar-refractivity contribution in [2.75, 3.05) is 12.4 Å². The standard InChI is InChI=1S/C10H11F2NO3S/c1-6(4-14)5-17-9-3-7(11)2-8(12)10(9)13(15)16/h2-3,6,14H,4-5H2,1H3. The first-order valence-corrected chi connectivity index (χ1v) is 5.81. The van der Waals surface area contributed by atoms with Crippen molar-refractivity contribution in [1.29, 1.82) is 0 Å². The van der Waals surface area contributed by atoms with E-state index >= 15 is 0 Å². The van der Waals surface area contributed by atoms with Crippen LogP contribution < -0.4 is 0 Å². The van der Waals surface area contributed by atoms with Crippen LogP contribution in [-0.4, -0.2) is 22.4 Å². The van der Waals surface area contributed by atoms with Gasteiger partial charge < -0.3 is 5.11 Å². The minimum atomic E-state index is -1.19. The Labute approximate surface area is 101 Å². The second kappa shape index (κ2) is 5.92. The Kier molecular flexibility index (Phi) is 4.83. The van der Waals surface area contributed by atoms with E-state index in [0.717, 1.165) is 17.8 Å². The number of nitrogens with zero attached hydrogens (tertiary/aromatic N) is 1. The highest BCUT2D eigenvalue weighted by Gasteiger charge is 2.22. The van der Waals surface area contributed by atoms with E-state index in [1.165, 1.54) is 0 Å². The van der Waals surface area contributed by atoms with Crippen molar-refractivity contribution in [2.45, 2.75) is 11.8 Å². The molecule has 17 heavy (non-hydrogen) atoms. The van der Waals surface area contributed by atoms with Crippen LogP contribution in [0.1, 0.15) is 6.92 Å². The maximum absolute atomic E-state index is 13.2. The number of benzene rings is 1. The Morgan fingerprint density at radius 2 is 2.18 bits per heavy atom. The number of hydrogen-bond acceptors (Lipinski definition) is 4. The predicted octanol–water partition coefficient (Wildman–Crippen LogP) is 2.59. The second-order valence-electron chi connectivity index (χ2n) is 3.59. The monoisotopic (exact) mass is 263 g/mol. The maximum atomic E-state index is 13.2. The topological polar surface area (TPSA) is 63.4 Å². The van der Waals surface area contributed by atoms with Gasteiger partial charge in [0.25, 0.3) is 0 Å². The van der Waals surface area contributed by atoms with E-state index in [9.17, 15) is 18.9 Å². The summed E-state index contributed by atoms with van der Waals surface area (Å²) < 4.78 is 26.2. The lowest BCUT2D eigenvalue weighted by Crippen LogP contribution is -2.04. The summed E-state index contributed by atoms with van der Waals surface area (Å²) in [5, 5.41) is 19.5. The molecule has 94 valence electrons. The van der Waals surface area contributed by atoms with E-state index in [2.05, 4.69) is 0 Å². The summed E-state index contributed by atoms with van der Waals surface area (Å²) in [6, 6.07) is 1.41. The molecule has 0 heterocycles. The first-order valence-electron chi connectivity index (χ1n) is 4.82. The molecule has 0 bridgehead atoms. The molecular weight excluding hydrogens is 252 g/mol. The number of aliphatic hydroxyl groups is 1. The molecule has 1 aromatic carbocycles. The van der Waals surface area contributed by atoms with Gasteiger partial charge in [-0.25, -0.2) is 4.39 Å². The van der Waals surface area contributed by atoms with Crippen LogP contribution in [0.2, 0.25) is 0 Å². The Hall–Kier alpha value is -1.21. The Balaban J connectivity index is 3.00. The smallest absolute Gasteiger partial charge is 0.318 e. The van der Waals surface area contributed by atoms with E-state index < -0.39 is 22.2 Å². The largest absolute Gasteiger partial charge is 0.396 e. The minimum Gasteiger partial charge on any atom is -0.396 e. The highest BCUT2D eigenvalue weighted by atomic mass is 32.2. The van der Waals surface area contributed by atoms with Crippen molar-refractivity contribution in [3.05, 3.63) is 33.9 Å². The van der Waals surface area contributed by atoms with Crippen LogP contribution in [0.3, 0.4) is 0 Å². The Morgan fingerprint density at radius 3 is 2.71 bits per heavy atom. The van der Waals surface area contributed by atoms with Crippen molar-refractivity contribution < 1.29 is 18.8 Å². The van der Waals surface area contributed by atoms with E-state index in [1.807, 2.05) is 0 Å². The number of hydrogen-bond donors (Lipinski definition) is 1. The van der Waals surface area contributed by atoms with Crippen LogP contribution in [0.5, 0.6) is 0 Å². The molecule has 0 saturated carbocycles. The van der Waals surface area contributed by atoms with Gasteiger partial charge in [-0.05, 0) is 12.0 Å². The summed E-state index contributed by atoms with van der Waals surface area (Å²) in [6.45, 7) is 1.65. The van der Waals surface area contributed by atoms with E-state index in [4.69, 9.17) is 5.11 Å². The van der Waals surface area contributed by atoms with E-state index in [1.54, 1.807) is 6.92 Å². The molecule has 0 radical (unpaired) electrons. The van der Waals surface area contributed by atoms with Gasteiger partial charge in [-0.3, -0.25) is 10.1 Å². The Bertz CT molecular complexity index is 428. The first-order chi connectivity index (χ1) is 7.95. The third-order valence-corrected chi connectivity index (χ3v) is 3.37. The molecule has 4 nitrogen and oxygen atoms in total. The molecule has 1 atom stereocenters. The van der Waals surface area contributed by atoms with Crippen molar-refractivity contribution >= 4 is 17.4 Å². The number of halogens is 2. The number of thioether (sulfide) groups is 1. The molecule has 1 N–H and O–H groups in total. The molecule has 7 heteroatoms. The van der Waals surface area contributed by atoms with Crippen molar-refractivity contribution in [2.24, 2.45) is 5.92 Å². The fraction of sp³-hybridized carbons (Fsp3) is 0.400. The molecule has 0 saturated heterocycles. The van der Waals surface area contributed by atoms with Crippen molar-refractivity contribution in [3.8, 4) is 0 Å². The first kappa shape index (κ1) is 13.9. The van der Waals surface area contributed by atoms with Crippen LogP contribution in [-0.2, 0) is 0 Å². The van der Waals surface area contributed by atoms with Crippen molar-refractivity contribution in [1.82, 2.24) is 0 Å². The third kappa shape index (κ3) is 3.64. The predicted molar refractivity (Wildman–Crippen MR) is 60.0 cm³/mol. The van der Waals surface area contributed by atoms with Gasteiger partial charge in [0.05, 0.1) is 9.82 Å². The van der Waals surface area contributed by atoms with Gasteiger partial charge in [0.2, 0.25) is 5.82 Å². The summed E-state index contributed by atoms with van der Waals surface area (Å²) in [5.41, 5.74) is -0.721. The Morgan fingerprint density at radius 1 is 1.53 bits per heavy atom. The van der Waals surface area contributed by atoms with Crippen LogP contribution >= 0.6 is 11.8 Å². The number of nitro groups is 1. The zero-order chi connectivity index (χ0) is 13.0. The quantitative estimate of drug-likeness (QED) is 0.504. The zero-order valence-corrected chi connectivity index (χ0v) is 9.84. The number of rotatable bonds is 5. The molecule has 0 aliphatic heterocycles. The molecule has 0 aliphatic carbocycles. The molecule has 1 aromatic rings. The van der Waals surface area contributed by atoms with Gasteiger partial charge in [0.1, 0.15) is 5.82 Å². The fourth-order valence-corrected chi connectivity index (χ4v) is 2.19. The maximum Gasteiger partial charge on any atom is 0.318 e. The summed E-state index contributed by atoms with van der Waals surface area (Å²) >= 11 is 0.955.